The Balaban J connectivity index is 1.78. The van der Waals surface area contributed by atoms with Gasteiger partial charge in [0.15, 0.2) is 0 Å². The summed E-state index contributed by atoms with van der Waals surface area (Å²) in [5.74, 6) is -0.104. The fourth-order valence-corrected chi connectivity index (χ4v) is 3.10. The molecular weight excluding hydrogens is 326 g/mol. The van der Waals surface area contributed by atoms with Crippen LogP contribution in [0.25, 0.3) is 16.6 Å². The van der Waals surface area contributed by atoms with Crippen LogP contribution in [0.15, 0.2) is 59.5 Å². The molecule has 0 saturated heterocycles. The molecule has 0 aliphatic rings. The number of H-pyrrole nitrogens is 2. The molecule has 3 N–H and O–H groups in total. The van der Waals surface area contributed by atoms with Crippen molar-refractivity contribution in [2.45, 2.75) is 6.42 Å². The molecule has 5 nitrogen and oxygen atoms in total. The molecule has 0 radical (unpaired) electrons. The molecule has 2 aromatic heterocycles. The van der Waals surface area contributed by atoms with Gasteiger partial charge in [0.05, 0.1) is 11.4 Å². The summed E-state index contributed by atoms with van der Waals surface area (Å²) in [6.45, 7) is 0. The number of rotatable bonds is 3. The monoisotopic (exact) mass is 339 g/mol. The molecule has 0 saturated carbocycles. The number of nitrogens with one attached hydrogen (secondary N) is 2. The third-order valence-electron chi connectivity index (χ3n) is 4.05. The van der Waals surface area contributed by atoms with Crippen molar-refractivity contribution in [2.75, 3.05) is 0 Å². The molecule has 0 fully saturated rings. The molecule has 0 aliphatic heterocycles. The highest BCUT2D eigenvalue weighted by Crippen LogP contribution is 2.25. The van der Waals surface area contributed by atoms with Crippen LogP contribution in [-0.4, -0.2) is 19.6 Å². The van der Waals surface area contributed by atoms with Gasteiger partial charge in [-0.05, 0) is 29.8 Å². The number of hydrogen-bond donors (Lipinski definition) is 3. The Morgan fingerprint density at radius 2 is 1.96 bits per heavy atom. The number of aromatic amines is 2. The van der Waals surface area contributed by atoms with E-state index in [-0.39, 0.29) is 5.88 Å². The van der Waals surface area contributed by atoms with Gasteiger partial charge in [-0.15, -0.1) is 0 Å². The van der Waals surface area contributed by atoms with Gasteiger partial charge in [0.1, 0.15) is 0 Å². The van der Waals surface area contributed by atoms with Gasteiger partial charge in [0, 0.05) is 28.5 Å². The van der Waals surface area contributed by atoms with Gasteiger partial charge < -0.3 is 15.1 Å². The lowest BCUT2D eigenvalue weighted by atomic mass is 10.1. The Morgan fingerprint density at radius 3 is 2.79 bits per heavy atom. The van der Waals surface area contributed by atoms with Gasteiger partial charge in [-0.2, -0.15) is 0 Å². The van der Waals surface area contributed by atoms with Crippen LogP contribution in [0.4, 0.5) is 0 Å². The first kappa shape index (κ1) is 14.7. The molecule has 0 unspecified atom stereocenters. The minimum atomic E-state index is -0.399. The summed E-state index contributed by atoms with van der Waals surface area (Å²) < 4.78 is 1.22. The van der Waals surface area contributed by atoms with Crippen molar-refractivity contribution in [3.63, 3.8) is 0 Å². The fraction of sp³-hybridized carbons (Fsp3) is 0.0556. The van der Waals surface area contributed by atoms with Crippen LogP contribution in [-0.2, 0) is 6.42 Å². The van der Waals surface area contributed by atoms with Gasteiger partial charge in [-0.1, -0.05) is 35.9 Å². The maximum atomic E-state index is 12.3. The van der Waals surface area contributed by atoms with Crippen molar-refractivity contribution in [1.82, 2.24) is 14.5 Å². The van der Waals surface area contributed by atoms with Crippen LogP contribution >= 0.6 is 11.6 Å². The van der Waals surface area contributed by atoms with E-state index in [4.69, 9.17) is 11.6 Å². The summed E-state index contributed by atoms with van der Waals surface area (Å²) in [5, 5.41) is 12.1. The standard InChI is InChI=1S/C18H14ClN3O2/c19-12-4-3-5-13(9-12)22-17(23)16(21-18(22)24)8-11-10-20-15-7-2-1-6-14(11)15/h1-7,9-10,20,23H,8H2,(H,21,24). The molecule has 0 spiro atoms. The first-order valence-corrected chi connectivity index (χ1v) is 7.85. The molecule has 120 valence electrons. The van der Waals surface area contributed by atoms with E-state index in [0.29, 0.717) is 22.8 Å². The van der Waals surface area contributed by atoms with E-state index >= 15 is 0 Å². The number of benzene rings is 2. The highest BCUT2D eigenvalue weighted by molar-refractivity contribution is 6.30. The molecule has 0 atom stereocenters. The minimum absolute atomic E-state index is 0.104. The zero-order valence-electron chi connectivity index (χ0n) is 12.6. The summed E-state index contributed by atoms with van der Waals surface area (Å²) in [6, 6.07) is 14.7. The number of para-hydroxylation sites is 1. The van der Waals surface area contributed by atoms with E-state index in [0.717, 1.165) is 16.5 Å². The molecule has 0 bridgehead atoms. The van der Waals surface area contributed by atoms with Crippen molar-refractivity contribution >= 4 is 22.5 Å². The van der Waals surface area contributed by atoms with E-state index in [9.17, 15) is 9.90 Å². The molecular formula is C18H14ClN3O2. The third kappa shape index (κ3) is 2.39. The summed E-state index contributed by atoms with van der Waals surface area (Å²) in [6.07, 6.45) is 2.30. The zero-order valence-corrected chi connectivity index (χ0v) is 13.3. The third-order valence-corrected chi connectivity index (χ3v) is 4.29. The Bertz CT molecular complexity index is 1090. The molecule has 2 heterocycles. The van der Waals surface area contributed by atoms with Crippen molar-refractivity contribution in [1.29, 1.82) is 0 Å². The van der Waals surface area contributed by atoms with Gasteiger partial charge in [0.2, 0.25) is 5.88 Å². The van der Waals surface area contributed by atoms with Crippen molar-refractivity contribution in [3.8, 4) is 11.6 Å². The Hall–Kier alpha value is -2.92. The average molecular weight is 340 g/mol. The van der Waals surface area contributed by atoms with Crippen LogP contribution in [0, 0.1) is 0 Å². The largest absolute Gasteiger partial charge is 0.493 e. The number of fused-ring (bicyclic) bond motifs is 1. The lowest BCUT2D eigenvalue weighted by Gasteiger charge is -2.04. The van der Waals surface area contributed by atoms with Crippen LogP contribution < -0.4 is 5.69 Å². The highest BCUT2D eigenvalue weighted by Gasteiger charge is 2.16. The quantitative estimate of drug-likeness (QED) is 0.533. The van der Waals surface area contributed by atoms with Crippen molar-refractivity contribution in [2.24, 2.45) is 0 Å². The number of imidazole rings is 1. The maximum absolute atomic E-state index is 12.3. The maximum Gasteiger partial charge on any atom is 0.333 e. The number of hydrogen-bond acceptors (Lipinski definition) is 2. The Labute approximate surface area is 142 Å². The van der Waals surface area contributed by atoms with E-state index < -0.39 is 5.69 Å². The fourth-order valence-electron chi connectivity index (χ4n) is 2.92. The van der Waals surface area contributed by atoms with Crippen LogP contribution in [0.1, 0.15) is 11.3 Å². The van der Waals surface area contributed by atoms with Crippen molar-refractivity contribution in [3.05, 3.63) is 81.5 Å². The van der Waals surface area contributed by atoms with Crippen LogP contribution in [0.5, 0.6) is 5.88 Å². The SMILES string of the molecule is O=c1[nH]c(Cc2c[nH]c3ccccc23)c(O)n1-c1cccc(Cl)c1. The second-order valence-corrected chi connectivity index (χ2v) is 6.02. The number of halogens is 1. The second-order valence-electron chi connectivity index (χ2n) is 5.58. The number of aromatic nitrogens is 3. The van der Waals surface area contributed by atoms with E-state index in [1.807, 2.05) is 30.5 Å². The molecule has 6 heteroatoms. The summed E-state index contributed by atoms with van der Waals surface area (Å²) in [7, 11) is 0. The van der Waals surface area contributed by atoms with Crippen LogP contribution in [0.3, 0.4) is 0 Å². The van der Waals surface area contributed by atoms with Crippen molar-refractivity contribution < 1.29 is 5.11 Å². The average Bonchev–Trinajstić information content (AvgIpc) is 3.09. The molecule has 0 aliphatic carbocycles. The zero-order chi connectivity index (χ0) is 16.7. The second kappa shape index (κ2) is 5.62. The summed E-state index contributed by atoms with van der Waals surface area (Å²) >= 11 is 5.98. The topological polar surface area (TPSA) is 73.8 Å². The molecule has 24 heavy (non-hydrogen) atoms. The lowest BCUT2D eigenvalue weighted by Crippen LogP contribution is -2.14. The van der Waals surface area contributed by atoms with E-state index in [2.05, 4.69) is 9.97 Å². The van der Waals surface area contributed by atoms with Gasteiger partial charge in [0.25, 0.3) is 0 Å². The minimum Gasteiger partial charge on any atom is -0.493 e. The predicted molar refractivity (Wildman–Crippen MR) is 94.2 cm³/mol. The van der Waals surface area contributed by atoms with E-state index in [1.165, 1.54) is 4.57 Å². The summed E-state index contributed by atoms with van der Waals surface area (Å²) in [4.78, 5) is 18.2. The molecule has 2 aromatic carbocycles. The lowest BCUT2D eigenvalue weighted by molar-refractivity contribution is 0.435. The van der Waals surface area contributed by atoms with Gasteiger partial charge in [-0.3, -0.25) is 0 Å². The molecule has 0 amide bonds. The molecule has 4 aromatic rings. The summed E-state index contributed by atoms with van der Waals surface area (Å²) in [5.41, 5.74) is 2.60. The number of aromatic hydroxyl groups is 1. The van der Waals surface area contributed by atoms with E-state index in [1.54, 1.807) is 24.3 Å². The van der Waals surface area contributed by atoms with Crippen LogP contribution in [0.2, 0.25) is 5.02 Å². The Morgan fingerprint density at radius 1 is 1.12 bits per heavy atom. The number of nitrogens with zero attached hydrogens (tertiary/aromatic N) is 1. The normalized spacial score (nSPS) is 11.2. The smallest absolute Gasteiger partial charge is 0.333 e. The van der Waals surface area contributed by atoms with Gasteiger partial charge >= 0.3 is 5.69 Å². The first-order valence-electron chi connectivity index (χ1n) is 7.47. The molecule has 4 rings (SSSR count). The highest BCUT2D eigenvalue weighted by atomic mass is 35.5. The first-order chi connectivity index (χ1) is 11.6. The van der Waals surface area contributed by atoms with Gasteiger partial charge in [-0.25, -0.2) is 9.36 Å². The predicted octanol–water partition coefficient (Wildman–Crippen LogP) is 3.60. The Kier molecular flexibility index (Phi) is 3.43.